The van der Waals surface area contributed by atoms with Gasteiger partial charge < -0.3 is 10.3 Å². The molecule has 122 valence electrons. The number of amides is 1. The van der Waals surface area contributed by atoms with E-state index in [1.165, 1.54) is 19.3 Å². The van der Waals surface area contributed by atoms with Crippen LogP contribution in [0, 0.1) is 0 Å². The lowest BCUT2D eigenvalue weighted by atomic mass is 10.1. The first-order chi connectivity index (χ1) is 10.9. The molecule has 2 rings (SSSR count). The lowest BCUT2D eigenvalue weighted by molar-refractivity contribution is 0.0949. The number of hydrogen-bond donors (Lipinski definition) is 3. The average molecular weight is 335 g/mol. The van der Waals surface area contributed by atoms with Crippen molar-refractivity contribution in [3.05, 3.63) is 69.6 Å². The fraction of sp³-hybridized carbons (Fsp3) is 0.200. The topological polar surface area (TPSA) is 108 Å². The minimum Gasteiger partial charge on any atom is -0.348 e. The SMILES string of the molecule is CNS(=O)(=O)Cc1ccc(CNC(=O)c2ccc[nH]c2=O)cc1. The van der Waals surface area contributed by atoms with Crippen LogP contribution in [-0.4, -0.2) is 26.4 Å². The summed E-state index contributed by atoms with van der Waals surface area (Å²) in [6.45, 7) is 0.242. The van der Waals surface area contributed by atoms with Gasteiger partial charge in [0.2, 0.25) is 10.0 Å². The molecular formula is C15H17N3O4S. The lowest BCUT2D eigenvalue weighted by Crippen LogP contribution is -2.28. The monoisotopic (exact) mass is 335 g/mol. The van der Waals surface area contributed by atoms with Gasteiger partial charge in [0.05, 0.1) is 5.75 Å². The van der Waals surface area contributed by atoms with Gasteiger partial charge in [0.15, 0.2) is 0 Å². The molecule has 3 N–H and O–H groups in total. The Morgan fingerprint density at radius 1 is 1.13 bits per heavy atom. The zero-order valence-corrected chi connectivity index (χ0v) is 13.3. The maximum Gasteiger partial charge on any atom is 0.260 e. The molecule has 23 heavy (non-hydrogen) atoms. The third kappa shape index (κ3) is 4.76. The first-order valence-corrected chi connectivity index (χ1v) is 8.51. The summed E-state index contributed by atoms with van der Waals surface area (Å²) in [5, 5.41) is 2.65. The van der Waals surface area contributed by atoms with Crippen molar-refractivity contribution in [2.45, 2.75) is 12.3 Å². The van der Waals surface area contributed by atoms with Crippen LogP contribution in [0.3, 0.4) is 0 Å². The summed E-state index contributed by atoms with van der Waals surface area (Å²) < 4.78 is 25.2. The third-order valence-corrected chi connectivity index (χ3v) is 4.54. The van der Waals surface area contributed by atoms with Crippen molar-refractivity contribution >= 4 is 15.9 Å². The summed E-state index contributed by atoms with van der Waals surface area (Å²) in [7, 11) is -1.94. The molecule has 7 nitrogen and oxygen atoms in total. The second-order valence-electron chi connectivity index (χ2n) is 4.88. The van der Waals surface area contributed by atoms with Gasteiger partial charge in [-0.05, 0) is 30.3 Å². The Bertz CT molecular complexity index is 842. The van der Waals surface area contributed by atoms with Crippen LogP contribution in [0.25, 0.3) is 0 Å². The number of aromatic nitrogens is 1. The molecule has 0 saturated carbocycles. The number of pyridine rings is 1. The number of rotatable bonds is 6. The fourth-order valence-corrected chi connectivity index (χ4v) is 2.70. The van der Waals surface area contributed by atoms with Gasteiger partial charge in [0.25, 0.3) is 11.5 Å². The minimum absolute atomic E-state index is 0.0456. The second-order valence-corrected chi connectivity index (χ2v) is 6.80. The summed E-state index contributed by atoms with van der Waals surface area (Å²) in [6.07, 6.45) is 1.46. The van der Waals surface area contributed by atoms with Gasteiger partial charge in [-0.3, -0.25) is 9.59 Å². The zero-order chi connectivity index (χ0) is 16.9. The number of aromatic amines is 1. The zero-order valence-electron chi connectivity index (χ0n) is 12.5. The van der Waals surface area contributed by atoms with Crippen LogP contribution in [0.5, 0.6) is 0 Å². The van der Waals surface area contributed by atoms with E-state index >= 15 is 0 Å². The van der Waals surface area contributed by atoms with E-state index in [0.29, 0.717) is 5.56 Å². The summed E-state index contributed by atoms with van der Waals surface area (Å²) >= 11 is 0. The maximum absolute atomic E-state index is 11.9. The van der Waals surface area contributed by atoms with Gasteiger partial charge in [-0.15, -0.1) is 0 Å². The molecule has 0 saturated heterocycles. The summed E-state index contributed by atoms with van der Waals surface area (Å²) in [5.74, 6) is -0.566. The Labute approximate surface area is 133 Å². The van der Waals surface area contributed by atoms with E-state index in [1.807, 2.05) is 0 Å². The van der Waals surface area contributed by atoms with Crippen molar-refractivity contribution in [1.82, 2.24) is 15.0 Å². The number of carbonyl (C=O) groups is 1. The van der Waals surface area contributed by atoms with E-state index in [0.717, 1.165) is 5.56 Å². The smallest absolute Gasteiger partial charge is 0.260 e. The number of carbonyl (C=O) groups excluding carboxylic acids is 1. The molecule has 0 aliphatic heterocycles. The molecule has 0 atom stereocenters. The van der Waals surface area contributed by atoms with Gasteiger partial charge in [-0.1, -0.05) is 24.3 Å². The number of H-pyrrole nitrogens is 1. The van der Waals surface area contributed by atoms with Gasteiger partial charge in [0.1, 0.15) is 5.56 Å². The molecule has 1 amide bonds. The largest absolute Gasteiger partial charge is 0.348 e. The quantitative estimate of drug-likeness (QED) is 0.708. The van der Waals surface area contributed by atoms with Crippen molar-refractivity contribution in [1.29, 1.82) is 0 Å². The molecule has 8 heteroatoms. The fourth-order valence-electron chi connectivity index (χ4n) is 1.92. The van der Waals surface area contributed by atoms with Crippen LogP contribution in [-0.2, 0) is 22.3 Å². The number of nitrogens with one attached hydrogen (secondary N) is 3. The Hall–Kier alpha value is -2.45. The number of sulfonamides is 1. The van der Waals surface area contributed by atoms with E-state index in [9.17, 15) is 18.0 Å². The molecule has 0 aliphatic rings. The van der Waals surface area contributed by atoms with Gasteiger partial charge in [0, 0.05) is 12.7 Å². The van der Waals surface area contributed by atoms with Crippen molar-refractivity contribution in [2.75, 3.05) is 7.05 Å². The van der Waals surface area contributed by atoms with Gasteiger partial charge in [-0.25, -0.2) is 13.1 Å². The molecule has 1 aromatic carbocycles. The lowest BCUT2D eigenvalue weighted by Gasteiger charge is -2.07. The Morgan fingerprint density at radius 2 is 1.78 bits per heavy atom. The summed E-state index contributed by atoms with van der Waals surface area (Å²) in [4.78, 5) is 25.8. The van der Waals surface area contributed by atoms with Crippen molar-refractivity contribution < 1.29 is 13.2 Å². The Balaban J connectivity index is 1.98. The third-order valence-electron chi connectivity index (χ3n) is 3.21. The molecule has 2 aromatic rings. The first kappa shape index (κ1) is 16.9. The first-order valence-electron chi connectivity index (χ1n) is 6.86. The molecule has 0 unspecified atom stereocenters. The molecule has 0 fully saturated rings. The average Bonchev–Trinajstić information content (AvgIpc) is 2.54. The van der Waals surface area contributed by atoms with E-state index in [-0.39, 0.29) is 17.9 Å². The number of hydrogen-bond acceptors (Lipinski definition) is 4. The highest BCUT2D eigenvalue weighted by Crippen LogP contribution is 2.07. The van der Waals surface area contributed by atoms with Crippen molar-refractivity contribution in [3.63, 3.8) is 0 Å². The standard InChI is InChI=1S/C15H17N3O4S/c1-16-23(21,22)10-12-6-4-11(5-7-12)9-18-15(20)13-3-2-8-17-14(13)19/h2-8,16H,9-10H2,1H3,(H,17,19)(H,18,20). The Morgan fingerprint density at radius 3 is 2.39 bits per heavy atom. The highest BCUT2D eigenvalue weighted by atomic mass is 32.2. The molecule has 0 bridgehead atoms. The normalized spacial score (nSPS) is 11.2. The second kappa shape index (κ2) is 7.21. The van der Waals surface area contributed by atoms with Crippen LogP contribution in [0.1, 0.15) is 21.5 Å². The van der Waals surface area contributed by atoms with Crippen molar-refractivity contribution in [3.8, 4) is 0 Å². The van der Waals surface area contributed by atoms with Crippen LogP contribution < -0.4 is 15.6 Å². The van der Waals surface area contributed by atoms with Crippen LogP contribution >= 0.6 is 0 Å². The minimum atomic E-state index is -3.31. The summed E-state index contributed by atoms with van der Waals surface area (Å²) in [6, 6.07) is 9.86. The van der Waals surface area contributed by atoms with Crippen LogP contribution in [0.15, 0.2) is 47.4 Å². The van der Waals surface area contributed by atoms with E-state index in [4.69, 9.17) is 0 Å². The van der Waals surface area contributed by atoms with Gasteiger partial charge >= 0.3 is 0 Å². The Kier molecular flexibility index (Phi) is 5.30. The van der Waals surface area contributed by atoms with Crippen LogP contribution in [0.4, 0.5) is 0 Å². The number of benzene rings is 1. The molecule has 0 aliphatic carbocycles. The highest BCUT2D eigenvalue weighted by Gasteiger charge is 2.10. The maximum atomic E-state index is 11.9. The van der Waals surface area contributed by atoms with E-state index in [2.05, 4.69) is 15.0 Å². The van der Waals surface area contributed by atoms with Crippen molar-refractivity contribution in [2.24, 2.45) is 0 Å². The predicted octanol–water partition coefficient (Wildman–Crippen LogP) is 0.354. The molecule has 0 radical (unpaired) electrons. The van der Waals surface area contributed by atoms with E-state index in [1.54, 1.807) is 30.3 Å². The molecule has 0 spiro atoms. The highest BCUT2D eigenvalue weighted by molar-refractivity contribution is 7.88. The predicted molar refractivity (Wildman–Crippen MR) is 86.4 cm³/mol. The molecular weight excluding hydrogens is 318 g/mol. The van der Waals surface area contributed by atoms with Gasteiger partial charge in [-0.2, -0.15) is 0 Å². The molecule has 1 aromatic heterocycles. The molecule has 1 heterocycles. The summed E-state index contributed by atoms with van der Waals surface area (Å²) in [5.41, 5.74) is 1.05. The van der Waals surface area contributed by atoms with E-state index < -0.39 is 21.5 Å². The van der Waals surface area contributed by atoms with Crippen LogP contribution in [0.2, 0.25) is 0 Å².